The van der Waals surface area contributed by atoms with Gasteiger partial charge in [-0.15, -0.1) is 24.0 Å². The molecule has 2 aliphatic heterocycles. The van der Waals surface area contributed by atoms with Crippen molar-refractivity contribution in [3.63, 3.8) is 0 Å². The van der Waals surface area contributed by atoms with Gasteiger partial charge < -0.3 is 20.3 Å². The number of likely N-dealkylation sites (tertiary alicyclic amines) is 1. The van der Waals surface area contributed by atoms with Gasteiger partial charge in [0.15, 0.2) is 5.96 Å². The zero-order chi connectivity index (χ0) is 15.5. The van der Waals surface area contributed by atoms with Gasteiger partial charge in [-0.1, -0.05) is 12.8 Å². The second-order valence-electron chi connectivity index (χ2n) is 6.39. The number of hydrogen-bond acceptors (Lipinski definition) is 3. The number of halogens is 1. The molecule has 0 radical (unpaired) electrons. The van der Waals surface area contributed by atoms with Crippen molar-refractivity contribution >= 4 is 29.9 Å². The largest absolute Gasteiger partial charge is 0.376 e. The van der Waals surface area contributed by atoms with Gasteiger partial charge in [-0.05, 0) is 58.7 Å². The van der Waals surface area contributed by atoms with Crippen molar-refractivity contribution < 1.29 is 4.74 Å². The van der Waals surface area contributed by atoms with Gasteiger partial charge in [0.2, 0.25) is 0 Å². The van der Waals surface area contributed by atoms with Crippen LogP contribution in [0.2, 0.25) is 0 Å². The van der Waals surface area contributed by atoms with Gasteiger partial charge >= 0.3 is 0 Å². The van der Waals surface area contributed by atoms with E-state index in [4.69, 9.17) is 4.74 Å². The highest BCUT2D eigenvalue weighted by atomic mass is 127. The molecule has 1 atom stereocenters. The smallest absolute Gasteiger partial charge is 0.191 e. The van der Waals surface area contributed by atoms with Crippen LogP contribution in [0.5, 0.6) is 0 Å². The zero-order valence-electron chi connectivity index (χ0n) is 14.7. The maximum atomic E-state index is 5.63. The summed E-state index contributed by atoms with van der Waals surface area (Å²) in [6.07, 6.45) is 9.41. The van der Waals surface area contributed by atoms with Crippen LogP contribution in [-0.2, 0) is 4.74 Å². The van der Waals surface area contributed by atoms with Crippen molar-refractivity contribution in [1.29, 1.82) is 0 Å². The van der Waals surface area contributed by atoms with Gasteiger partial charge in [-0.2, -0.15) is 0 Å². The number of guanidine groups is 1. The summed E-state index contributed by atoms with van der Waals surface area (Å²) in [7, 11) is 0. The molecule has 23 heavy (non-hydrogen) atoms. The SMILES string of the molecule is CCNC(=NCC1CCCO1)NCCCN1CCCCCC1.I. The molecule has 6 heteroatoms. The van der Waals surface area contributed by atoms with Crippen molar-refractivity contribution in [2.24, 2.45) is 4.99 Å². The minimum atomic E-state index is 0. The van der Waals surface area contributed by atoms with Gasteiger partial charge in [0.05, 0.1) is 12.6 Å². The first-order valence-corrected chi connectivity index (χ1v) is 9.24. The van der Waals surface area contributed by atoms with E-state index in [2.05, 4.69) is 27.4 Å². The van der Waals surface area contributed by atoms with Crippen molar-refractivity contribution in [1.82, 2.24) is 15.5 Å². The molecule has 0 aromatic rings. The lowest BCUT2D eigenvalue weighted by molar-refractivity contribution is 0.117. The topological polar surface area (TPSA) is 48.9 Å². The van der Waals surface area contributed by atoms with Gasteiger partial charge in [0, 0.05) is 19.7 Å². The van der Waals surface area contributed by atoms with Crippen LogP contribution in [-0.4, -0.2) is 62.8 Å². The summed E-state index contributed by atoms with van der Waals surface area (Å²) in [6.45, 7) is 9.47. The summed E-state index contributed by atoms with van der Waals surface area (Å²) in [6, 6.07) is 0. The van der Waals surface area contributed by atoms with E-state index >= 15 is 0 Å². The number of nitrogens with one attached hydrogen (secondary N) is 2. The number of rotatable bonds is 7. The van der Waals surface area contributed by atoms with Crippen LogP contribution in [0.3, 0.4) is 0 Å². The standard InChI is InChI=1S/C17H34N4O.HI/c1-2-18-17(20-15-16-9-7-14-22-16)19-10-8-13-21-11-5-3-4-6-12-21;/h16H,2-15H2,1H3,(H2,18,19,20);1H. The molecular formula is C17H35IN4O. The molecule has 2 aliphatic rings. The van der Waals surface area contributed by atoms with Crippen molar-refractivity contribution in [2.75, 3.05) is 45.9 Å². The molecule has 0 saturated carbocycles. The Kier molecular flexibility index (Phi) is 12.1. The van der Waals surface area contributed by atoms with E-state index in [1.807, 2.05) is 0 Å². The van der Waals surface area contributed by atoms with Crippen LogP contribution in [0.15, 0.2) is 4.99 Å². The third-order valence-corrected chi connectivity index (χ3v) is 4.46. The lowest BCUT2D eigenvalue weighted by Crippen LogP contribution is -2.39. The van der Waals surface area contributed by atoms with E-state index in [0.717, 1.165) is 38.6 Å². The number of hydrogen-bond donors (Lipinski definition) is 2. The molecule has 2 fully saturated rings. The molecule has 136 valence electrons. The summed E-state index contributed by atoms with van der Waals surface area (Å²) < 4.78 is 5.63. The van der Waals surface area contributed by atoms with E-state index < -0.39 is 0 Å². The third-order valence-electron chi connectivity index (χ3n) is 4.46. The summed E-state index contributed by atoms with van der Waals surface area (Å²) >= 11 is 0. The molecule has 0 aromatic heterocycles. The quantitative estimate of drug-likeness (QED) is 0.278. The summed E-state index contributed by atoms with van der Waals surface area (Å²) in [5.41, 5.74) is 0. The van der Waals surface area contributed by atoms with E-state index in [1.165, 1.54) is 58.2 Å². The Morgan fingerprint density at radius 2 is 1.91 bits per heavy atom. The van der Waals surface area contributed by atoms with Crippen LogP contribution in [0.1, 0.15) is 51.9 Å². The minimum absolute atomic E-state index is 0. The highest BCUT2D eigenvalue weighted by Gasteiger charge is 2.14. The van der Waals surface area contributed by atoms with E-state index in [1.54, 1.807) is 0 Å². The predicted molar refractivity (Wildman–Crippen MR) is 108 cm³/mol. The summed E-state index contributed by atoms with van der Waals surface area (Å²) in [5.74, 6) is 0.939. The first-order chi connectivity index (χ1) is 10.9. The molecule has 0 amide bonds. The average Bonchev–Trinajstić information content (AvgIpc) is 2.92. The van der Waals surface area contributed by atoms with Gasteiger partial charge in [-0.3, -0.25) is 4.99 Å². The Labute approximate surface area is 159 Å². The molecule has 2 saturated heterocycles. The van der Waals surface area contributed by atoms with Crippen molar-refractivity contribution in [3.8, 4) is 0 Å². The van der Waals surface area contributed by atoms with Crippen molar-refractivity contribution in [2.45, 2.75) is 58.0 Å². The highest BCUT2D eigenvalue weighted by molar-refractivity contribution is 14.0. The predicted octanol–water partition coefficient (Wildman–Crippen LogP) is 2.60. The fourth-order valence-corrected chi connectivity index (χ4v) is 3.19. The first kappa shape index (κ1) is 21.0. The monoisotopic (exact) mass is 438 g/mol. The molecule has 1 unspecified atom stereocenters. The number of aliphatic imine (C=N–C) groups is 1. The van der Waals surface area contributed by atoms with Gasteiger partial charge in [-0.25, -0.2) is 0 Å². The molecule has 0 bridgehead atoms. The molecule has 0 spiro atoms. The van der Waals surface area contributed by atoms with E-state index in [-0.39, 0.29) is 24.0 Å². The second kappa shape index (κ2) is 13.2. The summed E-state index contributed by atoms with van der Waals surface area (Å²) in [4.78, 5) is 7.27. The lowest BCUT2D eigenvalue weighted by atomic mass is 10.2. The Morgan fingerprint density at radius 1 is 1.13 bits per heavy atom. The van der Waals surface area contributed by atoms with Crippen molar-refractivity contribution in [3.05, 3.63) is 0 Å². The van der Waals surface area contributed by atoms with Crippen LogP contribution >= 0.6 is 24.0 Å². The molecular weight excluding hydrogens is 403 g/mol. The Bertz CT molecular complexity index is 314. The van der Waals surface area contributed by atoms with E-state index in [9.17, 15) is 0 Å². The number of ether oxygens (including phenoxy) is 1. The Hall–Kier alpha value is -0.0800. The van der Waals surface area contributed by atoms with Crippen LogP contribution in [0, 0.1) is 0 Å². The summed E-state index contributed by atoms with van der Waals surface area (Å²) in [5, 5.41) is 6.78. The fraction of sp³-hybridized carbons (Fsp3) is 0.941. The molecule has 2 N–H and O–H groups in total. The van der Waals surface area contributed by atoms with Gasteiger partial charge in [0.1, 0.15) is 0 Å². The fourth-order valence-electron chi connectivity index (χ4n) is 3.19. The number of nitrogens with zero attached hydrogens (tertiary/aromatic N) is 2. The third kappa shape index (κ3) is 9.10. The molecule has 0 aliphatic carbocycles. The molecule has 2 heterocycles. The maximum Gasteiger partial charge on any atom is 0.191 e. The normalized spacial score (nSPS) is 23.2. The second-order valence-corrected chi connectivity index (χ2v) is 6.39. The Morgan fingerprint density at radius 3 is 2.57 bits per heavy atom. The van der Waals surface area contributed by atoms with E-state index in [0.29, 0.717) is 6.10 Å². The molecule has 2 rings (SSSR count). The molecule has 5 nitrogen and oxygen atoms in total. The van der Waals surface area contributed by atoms with Crippen LogP contribution in [0.4, 0.5) is 0 Å². The zero-order valence-corrected chi connectivity index (χ0v) is 17.0. The Balaban J connectivity index is 0.00000264. The van der Waals surface area contributed by atoms with Crippen LogP contribution in [0.25, 0.3) is 0 Å². The van der Waals surface area contributed by atoms with Gasteiger partial charge in [0.25, 0.3) is 0 Å². The highest BCUT2D eigenvalue weighted by Crippen LogP contribution is 2.12. The first-order valence-electron chi connectivity index (χ1n) is 9.24. The molecule has 0 aromatic carbocycles. The van der Waals surface area contributed by atoms with Crippen LogP contribution < -0.4 is 10.6 Å². The average molecular weight is 438 g/mol. The lowest BCUT2D eigenvalue weighted by Gasteiger charge is -2.20. The minimum Gasteiger partial charge on any atom is -0.376 e. The maximum absolute atomic E-state index is 5.63.